The van der Waals surface area contributed by atoms with Crippen molar-refractivity contribution in [1.29, 1.82) is 0 Å². The first-order valence-electron chi connectivity index (χ1n) is 9.33. The molecule has 1 saturated heterocycles. The van der Waals surface area contributed by atoms with Gasteiger partial charge in [-0.1, -0.05) is 30.3 Å². The van der Waals surface area contributed by atoms with E-state index >= 15 is 0 Å². The largest absolute Gasteiger partial charge is 0.496 e. The van der Waals surface area contributed by atoms with E-state index in [1.54, 1.807) is 25.3 Å². The Morgan fingerprint density at radius 2 is 1.93 bits per heavy atom. The summed E-state index contributed by atoms with van der Waals surface area (Å²) in [4.78, 5) is 14.6. The van der Waals surface area contributed by atoms with Crippen molar-refractivity contribution >= 4 is 12.0 Å². The van der Waals surface area contributed by atoms with Crippen LogP contribution in [0.2, 0.25) is 0 Å². The Morgan fingerprint density at radius 1 is 1.21 bits per heavy atom. The lowest BCUT2D eigenvalue weighted by Crippen LogP contribution is -2.43. The fourth-order valence-corrected chi connectivity index (χ4v) is 3.26. The predicted molar refractivity (Wildman–Crippen MR) is 107 cm³/mol. The number of methoxy groups -OCH3 is 1. The maximum atomic E-state index is 13.3. The van der Waals surface area contributed by atoms with Crippen LogP contribution in [0.5, 0.6) is 5.75 Å². The molecule has 3 rings (SSSR count). The van der Waals surface area contributed by atoms with Gasteiger partial charge in [-0.15, -0.1) is 0 Å². The highest BCUT2D eigenvalue weighted by atomic mass is 19.1. The summed E-state index contributed by atoms with van der Waals surface area (Å²) < 4.78 is 24.0. The minimum Gasteiger partial charge on any atom is -0.496 e. The molecule has 1 unspecified atom stereocenters. The summed E-state index contributed by atoms with van der Waals surface area (Å²) in [7, 11) is 1.60. The minimum absolute atomic E-state index is 0.0342. The Balaban J connectivity index is 1.66. The summed E-state index contributed by atoms with van der Waals surface area (Å²) in [6.07, 6.45) is 3.23. The molecule has 1 amide bonds. The van der Waals surface area contributed by atoms with Crippen LogP contribution < -0.4 is 10.1 Å². The molecule has 6 heteroatoms. The molecule has 0 radical (unpaired) electrons. The Labute approximate surface area is 164 Å². The monoisotopic (exact) mass is 384 g/mol. The number of carbonyl (C=O) groups excluding carboxylic acids is 1. The Kier molecular flexibility index (Phi) is 7.17. The molecule has 2 aromatic rings. The highest BCUT2D eigenvalue weighted by molar-refractivity contribution is 5.92. The van der Waals surface area contributed by atoms with Gasteiger partial charge in [0.15, 0.2) is 0 Å². The van der Waals surface area contributed by atoms with E-state index in [1.165, 1.54) is 18.2 Å². The van der Waals surface area contributed by atoms with E-state index < -0.39 is 0 Å². The smallest absolute Gasteiger partial charge is 0.244 e. The van der Waals surface area contributed by atoms with Gasteiger partial charge >= 0.3 is 0 Å². The van der Waals surface area contributed by atoms with E-state index in [2.05, 4.69) is 10.2 Å². The van der Waals surface area contributed by atoms with Gasteiger partial charge in [0.05, 0.1) is 26.4 Å². The molecular formula is C22H25FN2O3. The molecule has 1 N–H and O–H groups in total. The molecule has 1 aliphatic heterocycles. The number of nitrogens with zero attached hydrogens (tertiary/aromatic N) is 1. The van der Waals surface area contributed by atoms with Crippen LogP contribution in [0.25, 0.3) is 6.08 Å². The van der Waals surface area contributed by atoms with Gasteiger partial charge in [-0.2, -0.15) is 0 Å². The number of hydrogen-bond donors (Lipinski definition) is 1. The van der Waals surface area contributed by atoms with Crippen molar-refractivity contribution in [2.75, 3.05) is 40.0 Å². The molecule has 1 fully saturated rings. The van der Waals surface area contributed by atoms with Crippen LogP contribution in [-0.4, -0.2) is 50.8 Å². The number of halogens is 1. The molecule has 0 aliphatic carbocycles. The van der Waals surface area contributed by atoms with Crippen molar-refractivity contribution in [1.82, 2.24) is 10.2 Å². The van der Waals surface area contributed by atoms with E-state index in [9.17, 15) is 9.18 Å². The van der Waals surface area contributed by atoms with E-state index in [0.29, 0.717) is 25.5 Å². The number of ether oxygens (including phenoxy) is 2. The van der Waals surface area contributed by atoms with E-state index in [1.807, 2.05) is 24.3 Å². The summed E-state index contributed by atoms with van der Waals surface area (Å²) in [5.41, 5.74) is 1.81. The Bertz CT molecular complexity index is 802. The van der Waals surface area contributed by atoms with Crippen LogP contribution in [-0.2, 0) is 9.53 Å². The van der Waals surface area contributed by atoms with Gasteiger partial charge < -0.3 is 14.8 Å². The highest BCUT2D eigenvalue weighted by Gasteiger charge is 2.23. The molecule has 1 atom stereocenters. The predicted octanol–water partition coefficient (Wildman–Crippen LogP) is 3.04. The molecule has 28 heavy (non-hydrogen) atoms. The fraction of sp³-hybridized carbons (Fsp3) is 0.318. The SMILES string of the molecule is COc1ccccc1/C=C/C(=O)NCC(c1ccc(F)cc1)N1CCOCC1. The maximum absolute atomic E-state index is 13.3. The molecule has 0 bridgehead atoms. The molecule has 2 aromatic carbocycles. The van der Waals surface area contributed by atoms with E-state index in [4.69, 9.17) is 9.47 Å². The van der Waals surface area contributed by atoms with Crippen LogP contribution >= 0.6 is 0 Å². The number of rotatable bonds is 7. The van der Waals surface area contributed by atoms with Crippen molar-refractivity contribution in [3.63, 3.8) is 0 Å². The highest BCUT2D eigenvalue weighted by Crippen LogP contribution is 2.22. The zero-order valence-electron chi connectivity index (χ0n) is 15.9. The molecule has 5 nitrogen and oxygen atoms in total. The summed E-state index contributed by atoms with van der Waals surface area (Å²) in [5, 5.41) is 2.96. The minimum atomic E-state index is -0.270. The zero-order chi connectivity index (χ0) is 19.8. The number of hydrogen-bond acceptors (Lipinski definition) is 4. The molecular weight excluding hydrogens is 359 g/mol. The zero-order valence-corrected chi connectivity index (χ0v) is 15.9. The van der Waals surface area contributed by atoms with E-state index in [0.717, 1.165) is 24.2 Å². The summed E-state index contributed by atoms with van der Waals surface area (Å²) in [6.45, 7) is 3.28. The number of para-hydroxylation sites is 1. The average Bonchev–Trinajstić information content (AvgIpc) is 2.74. The van der Waals surface area contributed by atoms with Crippen molar-refractivity contribution in [3.8, 4) is 5.75 Å². The molecule has 1 aliphatic rings. The molecule has 0 saturated carbocycles. The van der Waals surface area contributed by atoms with E-state index in [-0.39, 0.29) is 17.8 Å². The van der Waals surface area contributed by atoms with Gasteiger partial charge in [-0.3, -0.25) is 9.69 Å². The average molecular weight is 384 g/mol. The third-order valence-corrected chi connectivity index (χ3v) is 4.76. The third-order valence-electron chi connectivity index (χ3n) is 4.76. The Hall–Kier alpha value is -2.70. The number of amides is 1. The van der Waals surface area contributed by atoms with Crippen molar-refractivity contribution in [2.45, 2.75) is 6.04 Å². The van der Waals surface area contributed by atoms with Gasteiger partial charge in [-0.05, 0) is 29.8 Å². The lowest BCUT2D eigenvalue weighted by atomic mass is 10.0. The van der Waals surface area contributed by atoms with Gasteiger partial charge in [0.2, 0.25) is 5.91 Å². The van der Waals surface area contributed by atoms with Gasteiger partial charge in [0.1, 0.15) is 11.6 Å². The summed E-state index contributed by atoms with van der Waals surface area (Å²) in [6, 6.07) is 13.9. The first-order valence-corrected chi connectivity index (χ1v) is 9.33. The van der Waals surface area contributed by atoms with Gasteiger partial charge in [-0.25, -0.2) is 4.39 Å². The number of morpholine rings is 1. The topological polar surface area (TPSA) is 50.8 Å². The lowest BCUT2D eigenvalue weighted by molar-refractivity contribution is -0.116. The first kappa shape index (κ1) is 20.0. The standard InChI is InChI=1S/C22H25FN2O3/c1-27-21-5-3-2-4-18(21)8-11-22(26)24-16-20(25-12-14-28-15-13-25)17-6-9-19(23)10-7-17/h2-11,20H,12-16H2,1H3,(H,24,26)/b11-8+. The van der Waals surface area contributed by atoms with Crippen LogP contribution in [0.3, 0.4) is 0 Å². The van der Waals surface area contributed by atoms with Crippen molar-refractivity contribution in [2.24, 2.45) is 0 Å². The Morgan fingerprint density at radius 3 is 2.64 bits per heavy atom. The second kappa shape index (κ2) is 10.0. The van der Waals surface area contributed by atoms with Crippen LogP contribution in [0.1, 0.15) is 17.2 Å². The van der Waals surface area contributed by atoms with Crippen LogP contribution in [0.4, 0.5) is 4.39 Å². The maximum Gasteiger partial charge on any atom is 0.244 e. The normalized spacial score (nSPS) is 16.1. The first-order chi connectivity index (χ1) is 13.7. The van der Waals surface area contributed by atoms with Gasteiger partial charge in [0.25, 0.3) is 0 Å². The lowest BCUT2D eigenvalue weighted by Gasteiger charge is -2.34. The molecule has 148 valence electrons. The molecule has 1 heterocycles. The second-order valence-corrected chi connectivity index (χ2v) is 6.54. The molecule has 0 aromatic heterocycles. The second-order valence-electron chi connectivity index (χ2n) is 6.54. The van der Waals surface area contributed by atoms with Crippen molar-refractivity contribution < 1.29 is 18.7 Å². The number of nitrogens with one attached hydrogen (secondary N) is 1. The number of carbonyl (C=O) groups is 1. The van der Waals surface area contributed by atoms with Crippen molar-refractivity contribution in [3.05, 3.63) is 71.6 Å². The van der Waals surface area contributed by atoms with Crippen LogP contribution in [0, 0.1) is 5.82 Å². The molecule has 0 spiro atoms. The third kappa shape index (κ3) is 5.41. The fourth-order valence-electron chi connectivity index (χ4n) is 3.26. The number of benzene rings is 2. The quantitative estimate of drug-likeness (QED) is 0.746. The van der Waals surface area contributed by atoms with Gasteiger partial charge in [0, 0.05) is 31.3 Å². The summed E-state index contributed by atoms with van der Waals surface area (Å²) in [5.74, 6) is 0.253. The van der Waals surface area contributed by atoms with Crippen LogP contribution in [0.15, 0.2) is 54.6 Å². The summed E-state index contributed by atoms with van der Waals surface area (Å²) >= 11 is 0.